The van der Waals surface area contributed by atoms with E-state index in [0.717, 1.165) is 12.8 Å². The minimum atomic E-state index is -2.91. The lowest BCUT2D eigenvalue weighted by Gasteiger charge is -2.25. The zero-order chi connectivity index (χ0) is 13.9. The van der Waals surface area contributed by atoms with Gasteiger partial charge in [0, 0.05) is 36.3 Å². The lowest BCUT2D eigenvalue weighted by atomic mass is 10.1. The molecule has 0 amide bonds. The lowest BCUT2D eigenvalue weighted by Crippen LogP contribution is -2.43. The van der Waals surface area contributed by atoms with E-state index < -0.39 is 9.84 Å². The van der Waals surface area contributed by atoms with Crippen LogP contribution in [0.4, 0.5) is 0 Å². The van der Waals surface area contributed by atoms with Crippen molar-refractivity contribution in [3.63, 3.8) is 0 Å². The van der Waals surface area contributed by atoms with Gasteiger partial charge in [-0.15, -0.1) is 0 Å². The van der Waals surface area contributed by atoms with Crippen molar-refractivity contribution in [1.29, 1.82) is 0 Å². The van der Waals surface area contributed by atoms with Gasteiger partial charge in [0.2, 0.25) is 0 Å². The molecule has 1 aliphatic rings. The number of rotatable bonds is 6. The fourth-order valence-corrected chi connectivity index (χ4v) is 3.96. The zero-order valence-corrected chi connectivity index (χ0v) is 12.4. The third-order valence-corrected chi connectivity index (χ3v) is 5.72. The van der Waals surface area contributed by atoms with Crippen LogP contribution in [0.2, 0.25) is 0 Å². The maximum Gasteiger partial charge on any atom is 0.151 e. The Labute approximate surface area is 115 Å². The van der Waals surface area contributed by atoms with Crippen LogP contribution in [-0.4, -0.2) is 41.6 Å². The van der Waals surface area contributed by atoms with E-state index >= 15 is 0 Å². The van der Waals surface area contributed by atoms with E-state index in [1.54, 1.807) is 13.1 Å². The average Bonchev–Trinajstić information content (AvgIpc) is 2.97. The van der Waals surface area contributed by atoms with Crippen LogP contribution < -0.4 is 5.32 Å². The molecular weight excluding hydrogens is 262 g/mol. The maximum atomic E-state index is 11.6. The van der Waals surface area contributed by atoms with Crippen LogP contribution in [0.3, 0.4) is 0 Å². The van der Waals surface area contributed by atoms with Crippen molar-refractivity contribution in [3.05, 3.63) is 18.7 Å². The molecule has 1 saturated carbocycles. The molecule has 0 aromatic carbocycles. The van der Waals surface area contributed by atoms with Crippen molar-refractivity contribution in [3.8, 4) is 0 Å². The highest BCUT2D eigenvalue weighted by atomic mass is 32.2. The van der Waals surface area contributed by atoms with E-state index in [1.807, 2.05) is 19.4 Å². The highest BCUT2D eigenvalue weighted by Crippen LogP contribution is 2.30. The normalized spacial score (nSPS) is 25.6. The summed E-state index contributed by atoms with van der Waals surface area (Å²) in [6.07, 6.45) is 9.02. The molecule has 1 aliphatic carbocycles. The molecule has 1 heterocycles. The van der Waals surface area contributed by atoms with Gasteiger partial charge in [-0.2, -0.15) is 0 Å². The number of sulfone groups is 1. The molecule has 1 aromatic heterocycles. The van der Waals surface area contributed by atoms with E-state index in [2.05, 4.69) is 14.9 Å². The topological polar surface area (TPSA) is 64.0 Å². The Hall–Kier alpha value is -0.880. The Balaban J connectivity index is 1.95. The minimum Gasteiger partial charge on any atom is -0.333 e. The highest BCUT2D eigenvalue weighted by molar-refractivity contribution is 7.91. The Morgan fingerprint density at radius 2 is 2.26 bits per heavy atom. The van der Waals surface area contributed by atoms with Crippen LogP contribution in [0.25, 0.3) is 0 Å². The third kappa shape index (κ3) is 3.79. The Kier molecular flexibility index (Phi) is 4.62. The van der Waals surface area contributed by atoms with Crippen LogP contribution in [0.1, 0.15) is 39.2 Å². The van der Waals surface area contributed by atoms with Gasteiger partial charge in [-0.3, -0.25) is 0 Å². The second-order valence-electron chi connectivity index (χ2n) is 5.38. The summed E-state index contributed by atoms with van der Waals surface area (Å²) in [4.78, 5) is 4.09. The van der Waals surface area contributed by atoms with Gasteiger partial charge in [0.15, 0.2) is 9.84 Å². The fraction of sp³-hybridized carbons (Fsp3) is 0.769. The number of nitrogens with zero attached hydrogens (tertiary/aromatic N) is 2. The molecule has 0 bridgehead atoms. The van der Waals surface area contributed by atoms with E-state index in [9.17, 15) is 8.42 Å². The third-order valence-electron chi connectivity index (χ3n) is 3.83. The Morgan fingerprint density at radius 3 is 2.89 bits per heavy atom. The summed E-state index contributed by atoms with van der Waals surface area (Å²) < 4.78 is 25.4. The first kappa shape index (κ1) is 14.5. The fourth-order valence-electron chi connectivity index (χ4n) is 2.87. The number of hydrogen-bond donors (Lipinski definition) is 1. The molecule has 6 heteroatoms. The van der Waals surface area contributed by atoms with Crippen LogP contribution >= 0.6 is 0 Å². The van der Waals surface area contributed by atoms with Crippen molar-refractivity contribution in [2.45, 2.75) is 51.2 Å². The quantitative estimate of drug-likeness (QED) is 0.858. The molecule has 19 heavy (non-hydrogen) atoms. The van der Waals surface area contributed by atoms with Gasteiger partial charge in [0.1, 0.15) is 0 Å². The van der Waals surface area contributed by atoms with Crippen molar-refractivity contribution >= 4 is 9.84 Å². The van der Waals surface area contributed by atoms with Gasteiger partial charge >= 0.3 is 0 Å². The lowest BCUT2D eigenvalue weighted by molar-refractivity contribution is 0.368. The Bertz CT molecular complexity index is 484. The van der Waals surface area contributed by atoms with E-state index in [0.29, 0.717) is 12.1 Å². The maximum absolute atomic E-state index is 11.6. The molecule has 2 rings (SSSR count). The van der Waals surface area contributed by atoms with Crippen LogP contribution in [0.5, 0.6) is 0 Å². The predicted molar refractivity (Wildman–Crippen MR) is 75.8 cm³/mol. The predicted octanol–water partition coefficient (Wildman–Crippen LogP) is 1.39. The molecular formula is C13H23N3O2S. The van der Waals surface area contributed by atoms with Crippen molar-refractivity contribution < 1.29 is 8.42 Å². The SMILES string of the molecule is CCS(=O)(=O)CC(C)NC1CCCC1n1ccnc1. The molecule has 5 nitrogen and oxygen atoms in total. The number of nitrogens with one attached hydrogen (secondary N) is 1. The van der Waals surface area contributed by atoms with Crippen molar-refractivity contribution in [1.82, 2.24) is 14.9 Å². The summed E-state index contributed by atoms with van der Waals surface area (Å²) in [5.41, 5.74) is 0. The Morgan fingerprint density at radius 1 is 1.47 bits per heavy atom. The molecule has 3 unspecified atom stereocenters. The zero-order valence-electron chi connectivity index (χ0n) is 11.6. The van der Waals surface area contributed by atoms with Crippen molar-refractivity contribution in [2.24, 2.45) is 0 Å². The molecule has 3 atom stereocenters. The monoisotopic (exact) mass is 285 g/mol. The van der Waals surface area contributed by atoms with Gasteiger partial charge < -0.3 is 9.88 Å². The molecule has 0 aliphatic heterocycles. The summed E-state index contributed by atoms with van der Waals surface area (Å²) >= 11 is 0. The van der Waals surface area contributed by atoms with E-state index in [4.69, 9.17) is 0 Å². The van der Waals surface area contributed by atoms with Gasteiger partial charge in [-0.1, -0.05) is 6.92 Å². The summed E-state index contributed by atoms with van der Waals surface area (Å²) in [7, 11) is -2.91. The van der Waals surface area contributed by atoms with E-state index in [1.165, 1.54) is 6.42 Å². The first-order chi connectivity index (χ1) is 9.02. The second-order valence-corrected chi connectivity index (χ2v) is 7.78. The first-order valence-electron chi connectivity index (χ1n) is 6.95. The molecule has 0 radical (unpaired) electrons. The molecule has 0 spiro atoms. The summed E-state index contributed by atoms with van der Waals surface area (Å²) in [5, 5.41) is 3.48. The number of aromatic nitrogens is 2. The highest BCUT2D eigenvalue weighted by Gasteiger charge is 2.29. The van der Waals surface area contributed by atoms with Crippen molar-refractivity contribution in [2.75, 3.05) is 11.5 Å². The standard InChI is InChI=1S/C13H23N3O2S/c1-3-19(17,18)9-11(2)15-12-5-4-6-13(12)16-8-7-14-10-16/h7-8,10-13,15H,3-6,9H2,1-2H3. The van der Waals surface area contributed by atoms with Crippen LogP contribution in [-0.2, 0) is 9.84 Å². The largest absolute Gasteiger partial charge is 0.333 e. The molecule has 1 N–H and O–H groups in total. The van der Waals surface area contributed by atoms with Gasteiger partial charge in [0.05, 0.1) is 12.1 Å². The summed E-state index contributed by atoms with van der Waals surface area (Å²) in [6.45, 7) is 3.66. The molecule has 0 saturated heterocycles. The second kappa shape index (κ2) is 6.05. The van der Waals surface area contributed by atoms with Gasteiger partial charge in [-0.05, 0) is 26.2 Å². The summed E-state index contributed by atoms with van der Waals surface area (Å²) in [5.74, 6) is 0.436. The number of hydrogen-bond acceptors (Lipinski definition) is 4. The van der Waals surface area contributed by atoms with Gasteiger partial charge in [-0.25, -0.2) is 13.4 Å². The average molecular weight is 285 g/mol. The smallest absolute Gasteiger partial charge is 0.151 e. The minimum absolute atomic E-state index is 0.000860. The van der Waals surface area contributed by atoms with Crippen LogP contribution in [0, 0.1) is 0 Å². The summed E-state index contributed by atoms with van der Waals surface area (Å²) in [6, 6.07) is 0.740. The number of imidazole rings is 1. The van der Waals surface area contributed by atoms with E-state index in [-0.39, 0.29) is 17.5 Å². The first-order valence-corrected chi connectivity index (χ1v) is 8.78. The van der Waals surface area contributed by atoms with Gasteiger partial charge in [0.25, 0.3) is 0 Å². The molecule has 1 fully saturated rings. The molecule has 108 valence electrons. The van der Waals surface area contributed by atoms with Crippen LogP contribution in [0.15, 0.2) is 18.7 Å². The molecule has 1 aromatic rings.